The van der Waals surface area contributed by atoms with Gasteiger partial charge in [-0.25, -0.2) is 0 Å². The van der Waals surface area contributed by atoms with Crippen molar-refractivity contribution in [3.8, 4) is 0 Å². The number of ketones is 1. The van der Waals surface area contributed by atoms with E-state index in [1.54, 1.807) is 13.8 Å². The standard InChI is InChI=1S/C20H28N2O3/c1-4-20(2,3)17(23)19(25)22-14-8-11-16(22)18(24)21-13-12-15-9-6-5-7-10-15/h5-7,9-10,16H,4,8,11-14H2,1-3H3,(H,21,24)/t16-/m0/s1. The molecule has 0 saturated carbocycles. The monoisotopic (exact) mass is 344 g/mol. The number of carbonyl (C=O) groups is 3. The maximum absolute atomic E-state index is 12.6. The van der Waals surface area contributed by atoms with Crippen molar-refractivity contribution in [2.75, 3.05) is 13.1 Å². The van der Waals surface area contributed by atoms with Crippen molar-refractivity contribution in [1.82, 2.24) is 10.2 Å². The fourth-order valence-electron chi connectivity index (χ4n) is 2.96. The molecule has 1 fully saturated rings. The van der Waals surface area contributed by atoms with Gasteiger partial charge in [0.05, 0.1) is 0 Å². The minimum Gasteiger partial charge on any atom is -0.354 e. The van der Waals surface area contributed by atoms with E-state index in [0.29, 0.717) is 25.9 Å². The summed E-state index contributed by atoms with van der Waals surface area (Å²) in [6.07, 6.45) is 2.71. The molecule has 5 nitrogen and oxygen atoms in total. The number of Topliss-reactive ketones (excluding diaryl/α,β-unsaturated/α-hetero) is 1. The van der Waals surface area contributed by atoms with Crippen molar-refractivity contribution in [2.45, 2.75) is 52.5 Å². The number of likely N-dealkylation sites (tertiary alicyclic amines) is 1. The van der Waals surface area contributed by atoms with Crippen molar-refractivity contribution in [2.24, 2.45) is 5.41 Å². The normalized spacial score (nSPS) is 17.4. The van der Waals surface area contributed by atoms with Crippen LogP contribution in [0.4, 0.5) is 0 Å². The van der Waals surface area contributed by atoms with Gasteiger partial charge in [-0.3, -0.25) is 14.4 Å². The molecule has 1 aliphatic rings. The maximum Gasteiger partial charge on any atom is 0.291 e. The number of amides is 2. The minimum absolute atomic E-state index is 0.163. The topological polar surface area (TPSA) is 66.5 Å². The van der Waals surface area contributed by atoms with Crippen LogP contribution in [0.2, 0.25) is 0 Å². The summed E-state index contributed by atoms with van der Waals surface area (Å²) < 4.78 is 0. The second-order valence-corrected chi connectivity index (χ2v) is 7.25. The average Bonchev–Trinajstić information content (AvgIpc) is 3.11. The van der Waals surface area contributed by atoms with Crippen LogP contribution in [-0.4, -0.2) is 41.6 Å². The highest BCUT2D eigenvalue weighted by atomic mass is 16.2. The summed E-state index contributed by atoms with van der Waals surface area (Å²) in [7, 11) is 0. The molecule has 1 aliphatic heterocycles. The van der Waals surface area contributed by atoms with Gasteiger partial charge in [-0.1, -0.05) is 51.1 Å². The van der Waals surface area contributed by atoms with Crippen LogP contribution in [0.3, 0.4) is 0 Å². The Hall–Kier alpha value is -2.17. The van der Waals surface area contributed by atoms with Gasteiger partial charge >= 0.3 is 0 Å². The van der Waals surface area contributed by atoms with Crippen LogP contribution < -0.4 is 5.32 Å². The van der Waals surface area contributed by atoms with Gasteiger partial charge in [0.2, 0.25) is 11.7 Å². The largest absolute Gasteiger partial charge is 0.354 e. The summed E-state index contributed by atoms with van der Waals surface area (Å²) in [6.45, 7) is 6.44. The third-order valence-electron chi connectivity index (χ3n) is 5.06. The van der Waals surface area contributed by atoms with Crippen LogP contribution in [0.15, 0.2) is 30.3 Å². The molecule has 1 heterocycles. The van der Waals surface area contributed by atoms with Gasteiger partial charge in [0.15, 0.2) is 0 Å². The number of carbonyl (C=O) groups excluding carboxylic acids is 3. The van der Waals surface area contributed by atoms with E-state index in [4.69, 9.17) is 0 Å². The number of hydrogen-bond donors (Lipinski definition) is 1. The van der Waals surface area contributed by atoms with E-state index >= 15 is 0 Å². The van der Waals surface area contributed by atoms with Gasteiger partial charge < -0.3 is 10.2 Å². The Labute approximate surface area is 149 Å². The summed E-state index contributed by atoms with van der Waals surface area (Å²) in [6, 6.07) is 9.40. The van der Waals surface area contributed by atoms with E-state index in [-0.39, 0.29) is 5.91 Å². The number of nitrogens with one attached hydrogen (secondary N) is 1. The lowest BCUT2D eigenvalue weighted by atomic mass is 9.84. The molecule has 1 aromatic rings. The highest BCUT2D eigenvalue weighted by molar-refractivity contribution is 6.38. The van der Waals surface area contributed by atoms with Crippen molar-refractivity contribution in [1.29, 1.82) is 0 Å². The molecule has 0 aliphatic carbocycles. The minimum atomic E-state index is -0.686. The van der Waals surface area contributed by atoms with Gasteiger partial charge in [-0.15, -0.1) is 0 Å². The summed E-state index contributed by atoms with van der Waals surface area (Å²) in [5, 5.41) is 2.91. The third kappa shape index (κ3) is 4.68. The Morgan fingerprint density at radius 1 is 1.20 bits per heavy atom. The van der Waals surface area contributed by atoms with Crippen LogP contribution in [-0.2, 0) is 20.8 Å². The van der Waals surface area contributed by atoms with E-state index in [0.717, 1.165) is 18.4 Å². The van der Waals surface area contributed by atoms with E-state index in [9.17, 15) is 14.4 Å². The molecule has 1 N–H and O–H groups in total. The van der Waals surface area contributed by atoms with Crippen molar-refractivity contribution >= 4 is 17.6 Å². The van der Waals surface area contributed by atoms with E-state index in [1.807, 2.05) is 37.3 Å². The summed E-state index contributed by atoms with van der Waals surface area (Å²) in [4.78, 5) is 38.9. The number of benzene rings is 1. The molecule has 0 radical (unpaired) electrons. The molecule has 1 aromatic carbocycles. The average molecular weight is 344 g/mol. The zero-order valence-electron chi connectivity index (χ0n) is 15.4. The Morgan fingerprint density at radius 3 is 2.52 bits per heavy atom. The molecule has 2 amide bonds. The van der Waals surface area contributed by atoms with Crippen LogP contribution in [0, 0.1) is 5.41 Å². The molecule has 0 bridgehead atoms. The molecule has 0 unspecified atom stereocenters. The molecule has 1 saturated heterocycles. The summed E-state index contributed by atoms with van der Waals surface area (Å²) in [5.41, 5.74) is 0.468. The Kier molecular flexibility index (Phi) is 6.34. The Bertz CT molecular complexity index is 625. The van der Waals surface area contributed by atoms with Crippen molar-refractivity contribution in [3.63, 3.8) is 0 Å². The fraction of sp³-hybridized carbons (Fsp3) is 0.550. The molecule has 5 heteroatoms. The smallest absolute Gasteiger partial charge is 0.291 e. The van der Waals surface area contributed by atoms with E-state index in [2.05, 4.69) is 5.32 Å². The van der Waals surface area contributed by atoms with Crippen LogP contribution in [0.5, 0.6) is 0 Å². The second kappa shape index (κ2) is 8.28. The maximum atomic E-state index is 12.6. The molecule has 0 aromatic heterocycles. The lowest BCUT2D eigenvalue weighted by Gasteiger charge is -2.27. The highest BCUT2D eigenvalue weighted by Crippen LogP contribution is 2.25. The van der Waals surface area contributed by atoms with Crippen molar-refractivity contribution < 1.29 is 14.4 Å². The summed E-state index contributed by atoms with van der Waals surface area (Å²) >= 11 is 0. The van der Waals surface area contributed by atoms with Gasteiger partial charge in [0, 0.05) is 18.5 Å². The van der Waals surface area contributed by atoms with Crippen molar-refractivity contribution in [3.05, 3.63) is 35.9 Å². The third-order valence-corrected chi connectivity index (χ3v) is 5.06. The first-order valence-electron chi connectivity index (χ1n) is 9.04. The molecule has 25 heavy (non-hydrogen) atoms. The first kappa shape index (κ1) is 19.2. The second-order valence-electron chi connectivity index (χ2n) is 7.25. The molecular weight excluding hydrogens is 316 g/mol. The first-order chi connectivity index (χ1) is 11.9. The van der Waals surface area contributed by atoms with Gasteiger partial charge in [0.25, 0.3) is 5.91 Å². The molecule has 136 valence electrons. The predicted octanol–water partition coefficient (Wildman–Crippen LogP) is 2.34. The van der Waals surface area contributed by atoms with Crippen LogP contribution in [0.25, 0.3) is 0 Å². The molecule has 0 spiro atoms. The molecule has 2 rings (SSSR count). The van der Waals surface area contributed by atoms with Crippen LogP contribution >= 0.6 is 0 Å². The van der Waals surface area contributed by atoms with E-state index < -0.39 is 23.1 Å². The lowest BCUT2D eigenvalue weighted by molar-refractivity contribution is -0.151. The fourth-order valence-corrected chi connectivity index (χ4v) is 2.96. The summed E-state index contributed by atoms with van der Waals surface area (Å²) in [5.74, 6) is -1.09. The number of rotatable bonds is 7. The molecule has 1 atom stereocenters. The van der Waals surface area contributed by atoms with E-state index in [1.165, 1.54) is 4.90 Å². The number of nitrogens with zero attached hydrogens (tertiary/aromatic N) is 1. The number of hydrogen-bond acceptors (Lipinski definition) is 3. The SMILES string of the molecule is CCC(C)(C)C(=O)C(=O)N1CCC[C@H]1C(=O)NCCc1ccccc1. The van der Waals surface area contributed by atoms with Gasteiger partial charge in [0.1, 0.15) is 6.04 Å². The Balaban J connectivity index is 1.92. The Morgan fingerprint density at radius 2 is 1.88 bits per heavy atom. The first-order valence-corrected chi connectivity index (χ1v) is 9.04. The quantitative estimate of drug-likeness (QED) is 0.772. The van der Waals surface area contributed by atoms with Gasteiger partial charge in [-0.2, -0.15) is 0 Å². The lowest BCUT2D eigenvalue weighted by Crippen LogP contribution is -2.50. The van der Waals surface area contributed by atoms with Crippen LogP contribution in [0.1, 0.15) is 45.6 Å². The zero-order chi connectivity index (χ0) is 18.4. The van der Waals surface area contributed by atoms with Gasteiger partial charge in [-0.05, 0) is 31.2 Å². The molecular formula is C20H28N2O3. The predicted molar refractivity (Wildman–Crippen MR) is 97.0 cm³/mol. The highest BCUT2D eigenvalue weighted by Gasteiger charge is 2.40. The zero-order valence-corrected chi connectivity index (χ0v) is 15.4.